The first-order valence-corrected chi connectivity index (χ1v) is 6.81. The maximum Gasteiger partial charge on any atom is 0.337 e. The molecule has 2 unspecified atom stereocenters. The van der Waals surface area contributed by atoms with Crippen LogP contribution < -0.4 is 5.32 Å². The van der Waals surface area contributed by atoms with Crippen LogP contribution in [-0.2, 0) is 0 Å². The van der Waals surface area contributed by atoms with Crippen molar-refractivity contribution in [2.24, 2.45) is 11.8 Å². The molecule has 0 aromatic heterocycles. The normalized spacial score (nSPS) is 20.4. The number of hydrogen-bond donors (Lipinski definition) is 2. The Labute approximate surface area is 122 Å². The average Bonchev–Trinajstić information content (AvgIpc) is 3.04. The summed E-state index contributed by atoms with van der Waals surface area (Å²) in [6.45, 7) is 2.90. The number of carboxylic acids is 1. The quantitative estimate of drug-likeness (QED) is 0.896. The number of carboxylic acid groups (broad SMARTS) is 1. The van der Waals surface area contributed by atoms with Gasteiger partial charge in [-0.05, 0) is 36.5 Å². The van der Waals surface area contributed by atoms with E-state index in [2.05, 4.69) is 12.2 Å². The smallest absolute Gasteiger partial charge is 0.337 e. The number of nitrogens with zero attached hydrogens (tertiary/aromatic N) is 1. The standard InChI is InChI=1S/C14H17ClN2O3/c1-8-5-9(8)7-17(2)14(20)16-10-3-4-11(13(18)19)12(15)6-10/h3-4,6,8-9H,5,7H2,1-2H3,(H,16,20)(H,18,19). The maximum atomic E-state index is 12.0. The zero-order chi connectivity index (χ0) is 14.9. The van der Waals surface area contributed by atoms with Crippen LogP contribution in [0, 0.1) is 11.8 Å². The van der Waals surface area contributed by atoms with Gasteiger partial charge in [-0.25, -0.2) is 9.59 Å². The van der Waals surface area contributed by atoms with Crippen LogP contribution in [-0.4, -0.2) is 35.6 Å². The first kappa shape index (κ1) is 14.7. The summed E-state index contributed by atoms with van der Waals surface area (Å²) in [6.07, 6.45) is 1.16. The Morgan fingerprint density at radius 1 is 1.50 bits per heavy atom. The second-order valence-electron chi connectivity index (χ2n) is 5.28. The summed E-state index contributed by atoms with van der Waals surface area (Å²) in [5.41, 5.74) is 0.505. The molecule has 0 saturated heterocycles. The lowest BCUT2D eigenvalue weighted by molar-refractivity contribution is 0.0697. The molecule has 1 aromatic rings. The molecule has 5 nitrogen and oxygen atoms in total. The summed E-state index contributed by atoms with van der Waals surface area (Å²) in [5, 5.41) is 11.7. The number of rotatable bonds is 4. The van der Waals surface area contributed by atoms with Crippen molar-refractivity contribution in [3.05, 3.63) is 28.8 Å². The number of urea groups is 1. The molecule has 108 valence electrons. The van der Waals surface area contributed by atoms with Gasteiger partial charge in [0.15, 0.2) is 0 Å². The molecule has 20 heavy (non-hydrogen) atoms. The van der Waals surface area contributed by atoms with E-state index < -0.39 is 5.97 Å². The molecule has 2 rings (SSSR count). The molecule has 0 radical (unpaired) electrons. The monoisotopic (exact) mass is 296 g/mol. The van der Waals surface area contributed by atoms with E-state index in [-0.39, 0.29) is 16.6 Å². The highest BCUT2D eigenvalue weighted by Crippen LogP contribution is 2.38. The van der Waals surface area contributed by atoms with E-state index in [0.29, 0.717) is 17.5 Å². The van der Waals surface area contributed by atoms with Crippen molar-refractivity contribution < 1.29 is 14.7 Å². The van der Waals surface area contributed by atoms with Gasteiger partial charge in [-0.3, -0.25) is 0 Å². The van der Waals surface area contributed by atoms with E-state index in [0.717, 1.165) is 13.0 Å². The fraction of sp³-hybridized carbons (Fsp3) is 0.429. The van der Waals surface area contributed by atoms with Crippen LogP contribution >= 0.6 is 11.6 Å². The molecular formula is C14H17ClN2O3. The predicted octanol–water partition coefficient (Wildman–Crippen LogP) is 3.16. The molecule has 0 bridgehead atoms. The zero-order valence-electron chi connectivity index (χ0n) is 11.4. The van der Waals surface area contributed by atoms with E-state index >= 15 is 0 Å². The number of nitrogens with one attached hydrogen (secondary N) is 1. The summed E-state index contributed by atoms with van der Waals surface area (Å²) >= 11 is 5.86. The lowest BCUT2D eigenvalue weighted by Crippen LogP contribution is -2.33. The molecule has 0 heterocycles. The Bertz CT molecular complexity index is 547. The van der Waals surface area contributed by atoms with Crippen molar-refractivity contribution in [2.75, 3.05) is 18.9 Å². The predicted molar refractivity (Wildman–Crippen MR) is 77.3 cm³/mol. The fourth-order valence-electron chi connectivity index (χ4n) is 2.07. The minimum atomic E-state index is -1.09. The number of hydrogen-bond acceptors (Lipinski definition) is 2. The first-order valence-electron chi connectivity index (χ1n) is 6.43. The summed E-state index contributed by atoms with van der Waals surface area (Å²) in [6, 6.07) is 4.13. The molecule has 1 aromatic carbocycles. The van der Waals surface area contributed by atoms with Gasteiger partial charge in [0.1, 0.15) is 0 Å². The Kier molecular flexibility index (Phi) is 4.18. The van der Waals surface area contributed by atoms with E-state index in [1.54, 1.807) is 11.9 Å². The van der Waals surface area contributed by atoms with Gasteiger partial charge in [0.05, 0.1) is 10.6 Å². The van der Waals surface area contributed by atoms with Gasteiger partial charge in [-0.2, -0.15) is 0 Å². The Hall–Kier alpha value is -1.75. The van der Waals surface area contributed by atoms with E-state index in [1.165, 1.54) is 18.2 Å². The summed E-state index contributed by atoms with van der Waals surface area (Å²) in [5.74, 6) is 0.186. The van der Waals surface area contributed by atoms with Crippen molar-refractivity contribution in [3.63, 3.8) is 0 Å². The molecule has 1 aliphatic carbocycles. The Balaban J connectivity index is 1.97. The molecule has 6 heteroatoms. The maximum absolute atomic E-state index is 12.0. The highest BCUT2D eigenvalue weighted by Gasteiger charge is 2.34. The molecule has 1 aliphatic rings. The van der Waals surface area contributed by atoms with Crippen molar-refractivity contribution in [1.29, 1.82) is 0 Å². The van der Waals surface area contributed by atoms with Crippen LogP contribution in [0.3, 0.4) is 0 Å². The van der Waals surface area contributed by atoms with Crippen molar-refractivity contribution in [2.45, 2.75) is 13.3 Å². The van der Waals surface area contributed by atoms with Gasteiger partial charge in [0.25, 0.3) is 0 Å². The highest BCUT2D eigenvalue weighted by molar-refractivity contribution is 6.33. The molecule has 0 aliphatic heterocycles. The number of amides is 2. The van der Waals surface area contributed by atoms with E-state index in [1.807, 2.05) is 0 Å². The van der Waals surface area contributed by atoms with Crippen molar-refractivity contribution >= 4 is 29.3 Å². The van der Waals surface area contributed by atoms with Crippen LogP contribution in [0.1, 0.15) is 23.7 Å². The van der Waals surface area contributed by atoms with Gasteiger partial charge in [0, 0.05) is 19.3 Å². The van der Waals surface area contributed by atoms with Gasteiger partial charge in [0.2, 0.25) is 0 Å². The third-order valence-electron chi connectivity index (χ3n) is 3.58. The minimum Gasteiger partial charge on any atom is -0.478 e. The number of carbonyl (C=O) groups is 2. The number of anilines is 1. The summed E-state index contributed by atoms with van der Waals surface area (Å²) in [4.78, 5) is 24.4. The second-order valence-corrected chi connectivity index (χ2v) is 5.69. The number of carbonyl (C=O) groups excluding carboxylic acids is 1. The SMILES string of the molecule is CC1CC1CN(C)C(=O)Nc1ccc(C(=O)O)c(Cl)c1. The van der Waals surface area contributed by atoms with Crippen LogP contribution in [0.2, 0.25) is 5.02 Å². The lowest BCUT2D eigenvalue weighted by Gasteiger charge is -2.18. The van der Waals surface area contributed by atoms with Crippen LogP contribution in [0.25, 0.3) is 0 Å². The highest BCUT2D eigenvalue weighted by atomic mass is 35.5. The molecule has 2 amide bonds. The Morgan fingerprint density at radius 3 is 2.65 bits per heavy atom. The number of benzene rings is 1. The molecule has 2 N–H and O–H groups in total. The summed E-state index contributed by atoms with van der Waals surface area (Å²) in [7, 11) is 1.74. The van der Waals surface area contributed by atoms with Gasteiger partial charge < -0.3 is 15.3 Å². The van der Waals surface area contributed by atoms with Gasteiger partial charge in [-0.15, -0.1) is 0 Å². The van der Waals surface area contributed by atoms with Crippen molar-refractivity contribution in [1.82, 2.24) is 4.90 Å². The van der Waals surface area contributed by atoms with E-state index in [4.69, 9.17) is 16.7 Å². The second kappa shape index (κ2) is 5.71. The minimum absolute atomic E-state index is 0.0184. The third-order valence-corrected chi connectivity index (χ3v) is 3.89. The number of halogens is 1. The van der Waals surface area contributed by atoms with Crippen LogP contribution in [0.4, 0.5) is 10.5 Å². The van der Waals surface area contributed by atoms with Gasteiger partial charge >= 0.3 is 12.0 Å². The lowest BCUT2D eigenvalue weighted by atomic mass is 10.2. The molecule has 0 spiro atoms. The molecule has 2 atom stereocenters. The number of aromatic carboxylic acids is 1. The molecular weight excluding hydrogens is 280 g/mol. The van der Waals surface area contributed by atoms with Crippen LogP contribution in [0.5, 0.6) is 0 Å². The van der Waals surface area contributed by atoms with Crippen LogP contribution in [0.15, 0.2) is 18.2 Å². The van der Waals surface area contributed by atoms with Gasteiger partial charge in [-0.1, -0.05) is 18.5 Å². The average molecular weight is 297 g/mol. The molecule has 1 fully saturated rings. The zero-order valence-corrected chi connectivity index (χ0v) is 12.1. The Morgan fingerprint density at radius 2 is 2.15 bits per heavy atom. The largest absolute Gasteiger partial charge is 0.478 e. The fourth-order valence-corrected chi connectivity index (χ4v) is 2.33. The summed E-state index contributed by atoms with van der Waals surface area (Å²) < 4.78 is 0. The topological polar surface area (TPSA) is 69.6 Å². The molecule has 1 saturated carbocycles. The van der Waals surface area contributed by atoms with Crippen molar-refractivity contribution in [3.8, 4) is 0 Å². The third kappa shape index (κ3) is 3.42. The first-order chi connectivity index (χ1) is 9.38. The van der Waals surface area contributed by atoms with E-state index in [9.17, 15) is 9.59 Å².